The number of aliphatic hydroxyl groups excluding tert-OH is 1. The number of allylic oxidation sites excluding steroid dienone is 2. The van der Waals surface area contributed by atoms with Gasteiger partial charge in [0.2, 0.25) is 5.79 Å². The average Bonchev–Trinajstić information content (AvgIpc) is 3.38. The van der Waals surface area contributed by atoms with E-state index in [0.717, 1.165) is 25.7 Å². The van der Waals surface area contributed by atoms with Gasteiger partial charge >= 0.3 is 0 Å². The van der Waals surface area contributed by atoms with E-state index in [0.29, 0.717) is 43.5 Å². The van der Waals surface area contributed by atoms with E-state index in [1.165, 1.54) is 11.1 Å². The van der Waals surface area contributed by atoms with Crippen LogP contribution in [0.4, 0.5) is 0 Å². The second-order valence-electron chi connectivity index (χ2n) is 11.2. The van der Waals surface area contributed by atoms with Crippen LogP contribution in [-0.2, 0) is 23.7 Å². The zero-order chi connectivity index (χ0) is 20.9. The van der Waals surface area contributed by atoms with Gasteiger partial charge in [0.05, 0.1) is 6.10 Å². The van der Waals surface area contributed by atoms with E-state index in [1.807, 2.05) is 0 Å². The van der Waals surface area contributed by atoms with E-state index in [9.17, 15) is 9.90 Å². The molecule has 6 aliphatic rings. The highest BCUT2D eigenvalue weighted by molar-refractivity contribution is 5.83. The molecule has 2 spiro atoms. The minimum absolute atomic E-state index is 0.0743. The molecular weight excluding hydrogens is 384 g/mol. The van der Waals surface area contributed by atoms with Gasteiger partial charge in [0, 0.05) is 18.3 Å². The maximum absolute atomic E-state index is 12.2. The molecule has 30 heavy (non-hydrogen) atoms. The molecule has 6 rings (SSSR count). The van der Waals surface area contributed by atoms with Crippen molar-refractivity contribution in [3.8, 4) is 0 Å². The zero-order valence-corrected chi connectivity index (χ0v) is 18.4. The van der Waals surface area contributed by atoms with Crippen molar-refractivity contribution in [1.29, 1.82) is 0 Å². The molecule has 0 amide bonds. The van der Waals surface area contributed by atoms with Gasteiger partial charge in [0.25, 0.3) is 0 Å². The average molecular weight is 419 g/mol. The standard InChI is InChI=1S/C24H34O6/c1-14-8-16-17-5-7-23(24(30-13-28-23)11-27-12-29-24)22(17,3)10-19(26)20(16)21(2)6-4-15(25)9-18(14)21/h16-17,19-20,26H,4-13H2,1-3H3/t16-,17-,19-,20+,21-,22-,23+,24?/m0/s1. The predicted octanol–water partition coefficient (Wildman–Crippen LogP) is 3.32. The monoisotopic (exact) mass is 418 g/mol. The van der Waals surface area contributed by atoms with E-state index in [-0.39, 0.29) is 30.3 Å². The third-order valence-electron chi connectivity index (χ3n) is 10.2. The van der Waals surface area contributed by atoms with Crippen LogP contribution < -0.4 is 0 Å². The lowest BCUT2D eigenvalue weighted by Gasteiger charge is -2.61. The van der Waals surface area contributed by atoms with Gasteiger partial charge in [-0.25, -0.2) is 0 Å². The number of hydrogen-bond donors (Lipinski definition) is 1. The molecule has 0 radical (unpaired) electrons. The molecule has 2 heterocycles. The smallest absolute Gasteiger partial charge is 0.226 e. The summed E-state index contributed by atoms with van der Waals surface area (Å²) in [6, 6.07) is 0. The molecule has 0 aromatic carbocycles. The lowest BCUT2D eigenvalue weighted by Crippen LogP contribution is -2.66. The molecular formula is C24H34O6. The fraction of sp³-hybridized carbons (Fsp3) is 0.875. The minimum atomic E-state index is -0.852. The van der Waals surface area contributed by atoms with Crippen LogP contribution in [0.25, 0.3) is 0 Å². The van der Waals surface area contributed by atoms with Gasteiger partial charge in [0.15, 0.2) is 13.6 Å². The number of hydrogen-bond acceptors (Lipinski definition) is 6. The Morgan fingerprint density at radius 3 is 2.67 bits per heavy atom. The molecule has 2 saturated heterocycles. The summed E-state index contributed by atoms with van der Waals surface area (Å²) in [6.45, 7) is 7.68. The molecule has 8 atom stereocenters. The van der Waals surface area contributed by atoms with Crippen LogP contribution in [0.2, 0.25) is 0 Å². The van der Waals surface area contributed by atoms with Gasteiger partial charge in [-0.3, -0.25) is 4.79 Å². The van der Waals surface area contributed by atoms with E-state index in [4.69, 9.17) is 18.9 Å². The Kier molecular flexibility index (Phi) is 4.08. The lowest BCUT2D eigenvalue weighted by atomic mass is 9.45. The Balaban J connectivity index is 1.43. The first-order valence-electron chi connectivity index (χ1n) is 11.6. The van der Waals surface area contributed by atoms with Crippen molar-refractivity contribution in [2.75, 3.05) is 20.2 Å². The molecule has 0 bridgehead atoms. The normalized spacial score (nSPS) is 55.3. The molecule has 0 aromatic heterocycles. The van der Waals surface area contributed by atoms with Gasteiger partial charge in [0.1, 0.15) is 18.0 Å². The molecule has 166 valence electrons. The molecule has 2 aliphatic heterocycles. The highest BCUT2D eigenvalue weighted by Crippen LogP contribution is 2.71. The maximum Gasteiger partial charge on any atom is 0.226 e. The second-order valence-corrected chi connectivity index (χ2v) is 11.2. The number of carbonyl (C=O) groups is 1. The highest BCUT2D eigenvalue weighted by Gasteiger charge is 2.76. The van der Waals surface area contributed by atoms with Crippen LogP contribution in [0.5, 0.6) is 0 Å². The van der Waals surface area contributed by atoms with Crippen LogP contribution in [-0.4, -0.2) is 48.6 Å². The van der Waals surface area contributed by atoms with Gasteiger partial charge in [-0.05, 0) is 62.2 Å². The van der Waals surface area contributed by atoms with E-state index in [2.05, 4.69) is 20.8 Å². The molecule has 3 saturated carbocycles. The Morgan fingerprint density at radius 1 is 1.10 bits per heavy atom. The molecule has 0 aromatic rings. The Bertz CT molecular complexity index is 809. The molecule has 6 heteroatoms. The Morgan fingerprint density at radius 2 is 1.90 bits per heavy atom. The molecule has 5 fully saturated rings. The van der Waals surface area contributed by atoms with E-state index < -0.39 is 17.5 Å². The summed E-state index contributed by atoms with van der Waals surface area (Å²) in [5.41, 5.74) is 1.81. The number of aliphatic hydroxyl groups is 1. The van der Waals surface area contributed by atoms with Crippen LogP contribution >= 0.6 is 0 Å². The van der Waals surface area contributed by atoms with Crippen LogP contribution in [0, 0.1) is 28.6 Å². The number of Topliss-reactive ketones (excluding diaryl/α,β-unsaturated/α-hetero) is 1. The summed E-state index contributed by atoms with van der Waals surface area (Å²) in [6.07, 6.45) is 5.25. The summed E-state index contributed by atoms with van der Waals surface area (Å²) in [4.78, 5) is 12.2. The fourth-order valence-electron chi connectivity index (χ4n) is 9.03. The van der Waals surface area contributed by atoms with Crippen LogP contribution in [0.15, 0.2) is 11.1 Å². The van der Waals surface area contributed by atoms with Crippen molar-refractivity contribution in [3.05, 3.63) is 11.1 Å². The second kappa shape index (κ2) is 6.16. The number of fused-ring (bicyclic) bond motifs is 7. The van der Waals surface area contributed by atoms with Crippen molar-refractivity contribution < 1.29 is 28.8 Å². The summed E-state index contributed by atoms with van der Waals surface area (Å²) >= 11 is 0. The SMILES string of the molecule is CC1=C2CC(=O)CC[C@]2(C)[C@@H]2[C@@H](C1)[C@@H]1CC[C@@]3(OCOC34COCO4)[C@@]1(C)C[C@@H]2O. The first-order chi connectivity index (χ1) is 14.3. The van der Waals surface area contributed by atoms with Gasteiger partial charge in [-0.15, -0.1) is 0 Å². The number of carbonyl (C=O) groups excluding carboxylic acids is 1. The summed E-state index contributed by atoms with van der Waals surface area (Å²) < 4.78 is 24.2. The third-order valence-corrected chi connectivity index (χ3v) is 10.2. The largest absolute Gasteiger partial charge is 0.393 e. The van der Waals surface area contributed by atoms with Gasteiger partial charge in [-0.1, -0.05) is 25.0 Å². The quantitative estimate of drug-likeness (QED) is 0.609. The Labute approximate surface area is 178 Å². The van der Waals surface area contributed by atoms with E-state index >= 15 is 0 Å². The lowest BCUT2D eigenvalue weighted by molar-refractivity contribution is -0.256. The fourth-order valence-corrected chi connectivity index (χ4v) is 9.03. The van der Waals surface area contributed by atoms with Crippen LogP contribution in [0.3, 0.4) is 0 Å². The van der Waals surface area contributed by atoms with Crippen molar-refractivity contribution in [2.45, 2.75) is 83.2 Å². The van der Waals surface area contributed by atoms with Crippen molar-refractivity contribution in [1.82, 2.24) is 0 Å². The number of ether oxygens (including phenoxy) is 4. The van der Waals surface area contributed by atoms with Crippen molar-refractivity contribution in [2.24, 2.45) is 28.6 Å². The first kappa shape index (κ1) is 19.9. The molecule has 4 aliphatic carbocycles. The third kappa shape index (κ3) is 2.15. The Hall–Kier alpha value is -0.790. The summed E-state index contributed by atoms with van der Waals surface area (Å²) in [5, 5.41) is 11.7. The van der Waals surface area contributed by atoms with E-state index in [1.54, 1.807) is 0 Å². The molecule has 6 nitrogen and oxygen atoms in total. The zero-order valence-electron chi connectivity index (χ0n) is 18.4. The minimum Gasteiger partial charge on any atom is -0.393 e. The van der Waals surface area contributed by atoms with Gasteiger partial charge in [-0.2, -0.15) is 0 Å². The number of rotatable bonds is 0. The first-order valence-corrected chi connectivity index (χ1v) is 11.6. The van der Waals surface area contributed by atoms with Crippen molar-refractivity contribution >= 4 is 5.78 Å². The predicted molar refractivity (Wildman–Crippen MR) is 107 cm³/mol. The molecule has 1 N–H and O–H groups in total. The van der Waals surface area contributed by atoms with Gasteiger partial charge < -0.3 is 24.1 Å². The topological polar surface area (TPSA) is 74.2 Å². The van der Waals surface area contributed by atoms with Crippen molar-refractivity contribution in [3.63, 3.8) is 0 Å². The summed E-state index contributed by atoms with van der Waals surface area (Å²) in [7, 11) is 0. The highest BCUT2D eigenvalue weighted by atomic mass is 16.9. The maximum atomic E-state index is 12.2. The summed E-state index contributed by atoms with van der Waals surface area (Å²) in [5.74, 6) is 0.529. The number of ketones is 1. The molecule has 1 unspecified atom stereocenters. The van der Waals surface area contributed by atoms with Crippen LogP contribution in [0.1, 0.15) is 65.7 Å².